The van der Waals surface area contributed by atoms with E-state index in [0.717, 1.165) is 49.8 Å². The van der Waals surface area contributed by atoms with E-state index in [0.29, 0.717) is 11.7 Å². The molecular formula is C19H26N2O2S. The average Bonchev–Trinajstić information content (AvgIpc) is 3.05. The van der Waals surface area contributed by atoms with Gasteiger partial charge in [0.15, 0.2) is 0 Å². The lowest BCUT2D eigenvalue weighted by atomic mass is 9.89. The molecule has 1 unspecified atom stereocenters. The van der Waals surface area contributed by atoms with E-state index in [2.05, 4.69) is 29.3 Å². The number of piperidine rings is 1. The highest BCUT2D eigenvalue weighted by atomic mass is 32.1. The van der Waals surface area contributed by atoms with Crippen molar-refractivity contribution in [2.75, 3.05) is 19.7 Å². The minimum absolute atomic E-state index is 0.0917. The molecule has 0 radical (unpaired) electrons. The highest BCUT2D eigenvalue weighted by Crippen LogP contribution is 2.30. The number of hydrogen-bond donors (Lipinski definition) is 1. The van der Waals surface area contributed by atoms with Crippen molar-refractivity contribution in [3.63, 3.8) is 0 Å². The molecule has 1 fully saturated rings. The molecule has 1 aromatic heterocycles. The first kappa shape index (κ1) is 17.4. The lowest BCUT2D eigenvalue weighted by molar-refractivity contribution is 0.0759. The summed E-state index contributed by atoms with van der Waals surface area (Å²) >= 11 is 1.70. The first-order valence-electron chi connectivity index (χ1n) is 8.73. The van der Waals surface area contributed by atoms with Crippen molar-refractivity contribution in [1.82, 2.24) is 9.88 Å². The zero-order valence-electron chi connectivity index (χ0n) is 14.4. The Bertz CT molecular complexity index is 633. The van der Waals surface area contributed by atoms with Crippen LogP contribution in [0.15, 0.2) is 29.6 Å². The van der Waals surface area contributed by atoms with Crippen LogP contribution in [0.4, 0.5) is 0 Å². The van der Waals surface area contributed by atoms with Crippen molar-refractivity contribution in [3.05, 3.63) is 45.9 Å². The molecule has 1 aliphatic heterocycles. The summed E-state index contributed by atoms with van der Waals surface area (Å²) in [6.45, 7) is 7.93. The topological polar surface area (TPSA) is 45.6 Å². The van der Waals surface area contributed by atoms with Gasteiger partial charge in [-0.05, 0) is 63.4 Å². The molecule has 0 spiro atoms. The van der Waals surface area contributed by atoms with Gasteiger partial charge in [-0.2, -0.15) is 0 Å². The van der Waals surface area contributed by atoms with E-state index >= 15 is 0 Å². The number of phenolic OH excluding ortho intramolecular Hbond substituents is 1. The molecule has 0 amide bonds. The molecule has 1 atom stereocenters. The van der Waals surface area contributed by atoms with E-state index < -0.39 is 0 Å². The second-order valence-electron chi connectivity index (χ2n) is 6.42. The SMILES string of the molecule is CCOC(C)c1nc(CN2CCC(c3ccc(O)cc3)CC2)cs1. The smallest absolute Gasteiger partial charge is 0.122 e. The molecule has 5 heteroatoms. The Balaban J connectivity index is 1.51. The predicted octanol–water partition coefficient (Wildman–Crippen LogP) is 4.33. The number of aromatic hydroxyl groups is 1. The van der Waals surface area contributed by atoms with E-state index in [1.807, 2.05) is 6.92 Å². The van der Waals surface area contributed by atoms with Crippen molar-refractivity contribution in [3.8, 4) is 5.75 Å². The molecule has 0 aliphatic carbocycles. The molecule has 1 aliphatic rings. The number of thiazole rings is 1. The Labute approximate surface area is 148 Å². The number of likely N-dealkylation sites (tertiary alicyclic amines) is 1. The average molecular weight is 346 g/mol. The monoisotopic (exact) mass is 346 g/mol. The molecule has 0 saturated carbocycles. The number of phenols is 1. The molecule has 4 nitrogen and oxygen atoms in total. The van der Waals surface area contributed by atoms with Crippen LogP contribution < -0.4 is 0 Å². The third-order valence-corrected chi connectivity index (χ3v) is 5.73. The third-order valence-electron chi connectivity index (χ3n) is 4.67. The van der Waals surface area contributed by atoms with Gasteiger partial charge in [-0.3, -0.25) is 4.90 Å². The maximum Gasteiger partial charge on any atom is 0.122 e. The van der Waals surface area contributed by atoms with Crippen LogP contribution in [-0.2, 0) is 11.3 Å². The first-order chi connectivity index (χ1) is 11.7. The number of benzene rings is 1. The molecule has 0 bridgehead atoms. The summed E-state index contributed by atoms with van der Waals surface area (Å²) in [7, 11) is 0. The minimum Gasteiger partial charge on any atom is -0.508 e. The van der Waals surface area contributed by atoms with Gasteiger partial charge in [0.2, 0.25) is 0 Å². The fraction of sp³-hybridized carbons (Fsp3) is 0.526. The maximum absolute atomic E-state index is 9.41. The van der Waals surface area contributed by atoms with E-state index in [1.165, 1.54) is 5.56 Å². The molecule has 1 N–H and O–H groups in total. The van der Waals surface area contributed by atoms with Gasteiger partial charge >= 0.3 is 0 Å². The number of nitrogens with zero attached hydrogens (tertiary/aromatic N) is 2. The van der Waals surface area contributed by atoms with Gasteiger partial charge in [0, 0.05) is 18.5 Å². The number of hydrogen-bond acceptors (Lipinski definition) is 5. The zero-order valence-corrected chi connectivity index (χ0v) is 15.3. The Hall–Kier alpha value is -1.43. The Kier molecular flexibility index (Phi) is 5.87. The molecule has 1 aromatic carbocycles. The fourth-order valence-electron chi connectivity index (χ4n) is 3.30. The Morgan fingerprint density at radius 1 is 1.29 bits per heavy atom. The second kappa shape index (κ2) is 8.10. The lowest BCUT2D eigenvalue weighted by Crippen LogP contribution is -2.32. The van der Waals surface area contributed by atoms with Crippen molar-refractivity contribution in [1.29, 1.82) is 0 Å². The molecule has 1 saturated heterocycles. The second-order valence-corrected chi connectivity index (χ2v) is 7.31. The summed E-state index contributed by atoms with van der Waals surface area (Å²) < 4.78 is 5.62. The van der Waals surface area contributed by atoms with Gasteiger partial charge in [-0.25, -0.2) is 4.98 Å². The van der Waals surface area contributed by atoms with Crippen LogP contribution in [0.5, 0.6) is 5.75 Å². The summed E-state index contributed by atoms with van der Waals surface area (Å²) in [5.74, 6) is 0.947. The van der Waals surface area contributed by atoms with Gasteiger partial charge in [0.25, 0.3) is 0 Å². The minimum atomic E-state index is 0.0917. The summed E-state index contributed by atoms with van der Waals surface area (Å²) in [4.78, 5) is 7.22. The van der Waals surface area contributed by atoms with E-state index in [-0.39, 0.29) is 6.10 Å². The predicted molar refractivity (Wildman–Crippen MR) is 97.5 cm³/mol. The first-order valence-corrected chi connectivity index (χ1v) is 9.61. The maximum atomic E-state index is 9.41. The van der Waals surface area contributed by atoms with Crippen LogP contribution in [0.25, 0.3) is 0 Å². The molecule has 3 rings (SSSR count). The van der Waals surface area contributed by atoms with E-state index in [4.69, 9.17) is 9.72 Å². The number of aromatic nitrogens is 1. The van der Waals surface area contributed by atoms with Crippen LogP contribution in [-0.4, -0.2) is 34.7 Å². The summed E-state index contributed by atoms with van der Waals surface area (Å²) in [5, 5.41) is 12.7. The van der Waals surface area contributed by atoms with Crippen LogP contribution in [0.1, 0.15) is 55.0 Å². The van der Waals surface area contributed by atoms with Gasteiger partial charge in [0.05, 0.1) is 5.69 Å². The van der Waals surface area contributed by atoms with Gasteiger partial charge in [-0.15, -0.1) is 11.3 Å². The zero-order chi connectivity index (χ0) is 16.9. The highest BCUT2D eigenvalue weighted by Gasteiger charge is 2.21. The third kappa shape index (κ3) is 4.35. The molecule has 130 valence electrons. The van der Waals surface area contributed by atoms with Gasteiger partial charge in [0.1, 0.15) is 16.9 Å². The van der Waals surface area contributed by atoms with Crippen molar-refractivity contribution >= 4 is 11.3 Å². The summed E-state index contributed by atoms with van der Waals surface area (Å²) in [5.41, 5.74) is 2.50. The molecular weight excluding hydrogens is 320 g/mol. The molecule has 2 aromatic rings. The van der Waals surface area contributed by atoms with Crippen molar-refractivity contribution in [2.24, 2.45) is 0 Å². The van der Waals surface area contributed by atoms with E-state index in [1.54, 1.807) is 23.5 Å². The van der Waals surface area contributed by atoms with Crippen molar-refractivity contribution < 1.29 is 9.84 Å². The number of rotatable bonds is 6. The van der Waals surface area contributed by atoms with Crippen LogP contribution in [0.2, 0.25) is 0 Å². The number of ether oxygens (including phenoxy) is 1. The summed E-state index contributed by atoms with van der Waals surface area (Å²) in [6.07, 6.45) is 2.42. The Morgan fingerprint density at radius 3 is 2.67 bits per heavy atom. The van der Waals surface area contributed by atoms with Crippen molar-refractivity contribution in [2.45, 2.75) is 45.3 Å². The normalized spacial score (nSPS) is 17.9. The Morgan fingerprint density at radius 2 is 2.00 bits per heavy atom. The largest absolute Gasteiger partial charge is 0.508 e. The van der Waals surface area contributed by atoms with E-state index in [9.17, 15) is 5.11 Å². The lowest BCUT2D eigenvalue weighted by Gasteiger charge is -2.31. The van der Waals surface area contributed by atoms with Crippen LogP contribution in [0.3, 0.4) is 0 Å². The van der Waals surface area contributed by atoms with Gasteiger partial charge in [-0.1, -0.05) is 12.1 Å². The summed E-state index contributed by atoms with van der Waals surface area (Å²) in [6, 6.07) is 7.69. The quantitative estimate of drug-likeness (QED) is 0.846. The highest BCUT2D eigenvalue weighted by molar-refractivity contribution is 7.09. The van der Waals surface area contributed by atoms with Gasteiger partial charge < -0.3 is 9.84 Å². The van der Waals surface area contributed by atoms with Crippen LogP contribution >= 0.6 is 11.3 Å². The standard InChI is InChI=1S/C19H26N2O2S/c1-3-23-14(2)19-20-17(13-24-19)12-21-10-8-16(9-11-21)15-4-6-18(22)7-5-15/h4-7,13-14,16,22H,3,8-12H2,1-2H3. The molecule has 24 heavy (non-hydrogen) atoms. The van der Waals surface area contributed by atoms with Crippen LogP contribution in [0, 0.1) is 0 Å². The fourth-order valence-corrected chi connectivity index (χ4v) is 4.12. The molecule has 2 heterocycles.